The summed E-state index contributed by atoms with van der Waals surface area (Å²) in [7, 11) is 1.74. The Bertz CT molecular complexity index is 576. The second kappa shape index (κ2) is 5.57. The van der Waals surface area contributed by atoms with E-state index in [1.807, 2.05) is 31.2 Å². The van der Waals surface area contributed by atoms with Crippen molar-refractivity contribution < 1.29 is 9.90 Å². The van der Waals surface area contributed by atoms with E-state index in [0.29, 0.717) is 0 Å². The molecule has 0 saturated carbocycles. The largest absolute Gasteiger partial charge is 0.508 e. The van der Waals surface area contributed by atoms with Crippen LogP contribution in [0.5, 0.6) is 5.75 Å². The number of rotatable bonds is 3. The van der Waals surface area contributed by atoms with Crippen molar-refractivity contribution in [3.63, 3.8) is 0 Å². The maximum atomic E-state index is 12.5. The molecule has 0 aliphatic carbocycles. The van der Waals surface area contributed by atoms with Gasteiger partial charge < -0.3 is 10.0 Å². The third kappa shape index (κ3) is 2.76. The minimum atomic E-state index is -0.0388. The summed E-state index contributed by atoms with van der Waals surface area (Å²) >= 11 is 0. The van der Waals surface area contributed by atoms with Gasteiger partial charge in [0, 0.05) is 18.3 Å². The van der Waals surface area contributed by atoms with Crippen molar-refractivity contribution in [1.82, 2.24) is 0 Å². The summed E-state index contributed by atoms with van der Waals surface area (Å²) in [6, 6.07) is 14.2. The predicted molar refractivity (Wildman–Crippen MR) is 76.7 cm³/mol. The van der Waals surface area contributed by atoms with Crippen LogP contribution in [0.2, 0.25) is 0 Å². The van der Waals surface area contributed by atoms with Crippen molar-refractivity contribution in [3.8, 4) is 5.75 Å². The number of hydrogen-bond acceptors (Lipinski definition) is 2. The normalized spacial score (nSPS) is 10.2. The molecule has 0 heterocycles. The van der Waals surface area contributed by atoms with Gasteiger partial charge in [0.15, 0.2) is 0 Å². The molecule has 0 fully saturated rings. The lowest BCUT2D eigenvalue weighted by Crippen LogP contribution is -2.27. The number of amides is 1. The zero-order chi connectivity index (χ0) is 13.8. The fraction of sp³-hybridized carbons (Fsp3) is 0.188. The number of phenolic OH excluding ortho intramolecular Hbond substituents is 1. The van der Waals surface area contributed by atoms with E-state index >= 15 is 0 Å². The van der Waals surface area contributed by atoms with Gasteiger partial charge in [0.25, 0.3) is 5.91 Å². The number of aryl methyl sites for hydroxylation is 1. The number of anilines is 1. The highest BCUT2D eigenvalue weighted by atomic mass is 16.3. The van der Waals surface area contributed by atoms with Crippen LogP contribution in [0.4, 0.5) is 5.69 Å². The van der Waals surface area contributed by atoms with Crippen molar-refractivity contribution in [1.29, 1.82) is 0 Å². The molecule has 0 aliphatic heterocycles. The van der Waals surface area contributed by atoms with Crippen LogP contribution in [0.3, 0.4) is 0 Å². The quantitative estimate of drug-likeness (QED) is 0.914. The van der Waals surface area contributed by atoms with Crippen LogP contribution in [0, 0.1) is 0 Å². The van der Waals surface area contributed by atoms with Gasteiger partial charge in [-0.3, -0.25) is 4.79 Å². The third-order valence-corrected chi connectivity index (χ3v) is 3.17. The Morgan fingerprint density at radius 2 is 1.74 bits per heavy atom. The molecule has 0 aliphatic rings. The smallest absolute Gasteiger partial charge is 0.258 e. The molecule has 19 heavy (non-hydrogen) atoms. The Hall–Kier alpha value is -2.29. The highest BCUT2D eigenvalue weighted by molar-refractivity contribution is 6.06. The van der Waals surface area contributed by atoms with E-state index in [0.717, 1.165) is 23.2 Å². The van der Waals surface area contributed by atoms with Crippen LogP contribution < -0.4 is 4.90 Å². The SMILES string of the molecule is CCc1ccccc1C(=O)N(C)c1ccc(O)cc1. The molecule has 3 heteroatoms. The van der Waals surface area contributed by atoms with E-state index < -0.39 is 0 Å². The Balaban J connectivity index is 2.30. The Morgan fingerprint density at radius 1 is 1.11 bits per heavy atom. The average Bonchev–Trinajstić information content (AvgIpc) is 2.46. The summed E-state index contributed by atoms with van der Waals surface area (Å²) in [5.41, 5.74) is 2.52. The van der Waals surface area contributed by atoms with Gasteiger partial charge >= 0.3 is 0 Å². The Labute approximate surface area is 113 Å². The lowest BCUT2D eigenvalue weighted by molar-refractivity contribution is 0.0992. The van der Waals surface area contributed by atoms with E-state index in [4.69, 9.17) is 0 Å². The first kappa shape index (κ1) is 13.1. The number of nitrogens with zero attached hydrogens (tertiary/aromatic N) is 1. The van der Waals surface area contributed by atoms with Crippen LogP contribution in [-0.4, -0.2) is 18.1 Å². The van der Waals surface area contributed by atoms with E-state index in [9.17, 15) is 9.90 Å². The van der Waals surface area contributed by atoms with Crippen molar-refractivity contribution >= 4 is 11.6 Å². The van der Waals surface area contributed by atoms with Gasteiger partial charge in [-0.05, 0) is 42.3 Å². The van der Waals surface area contributed by atoms with Crippen molar-refractivity contribution in [2.45, 2.75) is 13.3 Å². The zero-order valence-electron chi connectivity index (χ0n) is 11.1. The van der Waals surface area contributed by atoms with E-state index in [-0.39, 0.29) is 11.7 Å². The topological polar surface area (TPSA) is 40.5 Å². The molecule has 98 valence electrons. The maximum Gasteiger partial charge on any atom is 0.258 e. The molecule has 1 amide bonds. The Morgan fingerprint density at radius 3 is 2.37 bits per heavy atom. The summed E-state index contributed by atoms with van der Waals surface area (Å²) in [6.45, 7) is 2.03. The van der Waals surface area contributed by atoms with E-state index in [2.05, 4.69) is 0 Å². The molecule has 0 unspecified atom stereocenters. The minimum absolute atomic E-state index is 0.0388. The van der Waals surface area contributed by atoms with Gasteiger partial charge in [-0.1, -0.05) is 25.1 Å². The number of aromatic hydroxyl groups is 1. The number of carbonyl (C=O) groups is 1. The van der Waals surface area contributed by atoms with Crippen molar-refractivity contribution in [2.75, 3.05) is 11.9 Å². The Kier molecular flexibility index (Phi) is 3.85. The summed E-state index contributed by atoms with van der Waals surface area (Å²) in [6.07, 6.45) is 0.825. The average molecular weight is 255 g/mol. The van der Waals surface area contributed by atoms with Crippen LogP contribution >= 0.6 is 0 Å². The number of benzene rings is 2. The predicted octanol–water partition coefficient (Wildman–Crippen LogP) is 3.23. The second-order valence-corrected chi connectivity index (χ2v) is 4.39. The van der Waals surface area contributed by atoms with Gasteiger partial charge in [-0.25, -0.2) is 0 Å². The molecule has 0 saturated heterocycles. The molecule has 2 aromatic rings. The lowest BCUT2D eigenvalue weighted by Gasteiger charge is -2.19. The molecule has 1 N–H and O–H groups in total. The molecule has 0 bridgehead atoms. The third-order valence-electron chi connectivity index (χ3n) is 3.17. The fourth-order valence-corrected chi connectivity index (χ4v) is 2.01. The lowest BCUT2D eigenvalue weighted by atomic mass is 10.0. The summed E-state index contributed by atoms with van der Waals surface area (Å²) < 4.78 is 0. The van der Waals surface area contributed by atoms with Crippen molar-refractivity contribution in [3.05, 3.63) is 59.7 Å². The molecule has 0 spiro atoms. The monoisotopic (exact) mass is 255 g/mol. The number of phenols is 1. The van der Waals surface area contributed by atoms with Crippen LogP contribution in [-0.2, 0) is 6.42 Å². The highest BCUT2D eigenvalue weighted by Gasteiger charge is 2.15. The van der Waals surface area contributed by atoms with Crippen LogP contribution in [0.1, 0.15) is 22.8 Å². The molecular weight excluding hydrogens is 238 g/mol. The molecule has 0 aromatic heterocycles. The molecule has 3 nitrogen and oxygen atoms in total. The van der Waals surface area contributed by atoms with Gasteiger partial charge in [0.1, 0.15) is 5.75 Å². The first-order valence-corrected chi connectivity index (χ1v) is 6.28. The van der Waals surface area contributed by atoms with E-state index in [1.54, 1.807) is 36.2 Å². The van der Waals surface area contributed by atoms with Gasteiger partial charge in [0.05, 0.1) is 0 Å². The number of hydrogen-bond donors (Lipinski definition) is 1. The maximum absolute atomic E-state index is 12.5. The van der Waals surface area contributed by atoms with E-state index in [1.165, 1.54) is 0 Å². The standard InChI is InChI=1S/C16H17NO2/c1-3-12-6-4-5-7-15(12)16(19)17(2)13-8-10-14(18)11-9-13/h4-11,18H,3H2,1-2H3. The summed E-state index contributed by atoms with van der Waals surface area (Å²) in [5, 5.41) is 9.27. The molecule has 2 aromatic carbocycles. The first-order valence-electron chi connectivity index (χ1n) is 6.28. The molecule has 0 radical (unpaired) electrons. The fourth-order valence-electron chi connectivity index (χ4n) is 2.01. The molecule has 2 rings (SSSR count). The van der Waals surface area contributed by atoms with Crippen LogP contribution in [0.25, 0.3) is 0 Å². The summed E-state index contributed by atoms with van der Waals surface area (Å²) in [4.78, 5) is 14.1. The molecular formula is C16H17NO2. The zero-order valence-corrected chi connectivity index (χ0v) is 11.1. The number of carbonyl (C=O) groups excluding carboxylic acids is 1. The summed E-state index contributed by atoms with van der Waals surface area (Å²) in [5.74, 6) is 0.154. The highest BCUT2D eigenvalue weighted by Crippen LogP contribution is 2.20. The van der Waals surface area contributed by atoms with Gasteiger partial charge in [-0.15, -0.1) is 0 Å². The van der Waals surface area contributed by atoms with Gasteiger partial charge in [-0.2, -0.15) is 0 Å². The van der Waals surface area contributed by atoms with Crippen molar-refractivity contribution in [2.24, 2.45) is 0 Å². The minimum Gasteiger partial charge on any atom is -0.508 e. The van der Waals surface area contributed by atoms with Gasteiger partial charge in [0.2, 0.25) is 0 Å². The first-order chi connectivity index (χ1) is 9.13. The van der Waals surface area contributed by atoms with Crippen LogP contribution in [0.15, 0.2) is 48.5 Å². The molecule has 0 atom stereocenters. The second-order valence-electron chi connectivity index (χ2n) is 4.39.